The van der Waals surface area contributed by atoms with Gasteiger partial charge in [-0.05, 0) is 29.3 Å². The van der Waals surface area contributed by atoms with Crippen LogP contribution in [0.3, 0.4) is 0 Å². The van der Waals surface area contributed by atoms with Crippen molar-refractivity contribution in [3.63, 3.8) is 0 Å². The highest BCUT2D eigenvalue weighted by Gasteiger charge is 2.13. The predicted molar refractivity (Wildman–Crippen MR) is 106 cm³/mol. The van der Waals surface area contributed by atoms with E-state index in [1.165, 1.54) is 17.1 Å². The fraction of sp³-hybridized carbons (Fsp3) is 0.316. The number of hydrogen-bond acceptors (Lipinski definition) is 3. The smallest absolute Gasteiger partial charge is 0.228 e. The molecule has 1 fully saturated rings. The van der Waals surface area contributed by atoms with Gasteiger partial charge in [-0.15, -0.1) is 0 Å². The Morgan fingerprint density at radius 1 is 1.08 bits per heavy atom. The van der Waals surface area contributed by atoms with Crippen LogP contribution < -0.4 is 5.32 Å². The first-order chi connectivity index (χ1) is 11.7. The summed E-state index contributed by atoms with van der Waals surface area (Å²) in [4.78, 5) is 14.8. The van der Waals surface area contributed by atoms with Crippen molar-refractivity contribution < 1.29 is 4.79 Å². The molecule has 0 aliphatic carbocycles. The van der Waals surface area contributed by atoms with Gasteiger partial charge in [0.15, 0.2) is 0 Å². The second-order valence-corrected chi connectivity index (χ2v) is 8.04. The molecule has 1 aliphatic heterocycles. The van der Waals surface area contributed by atoms with Gasteiger partial charge in [0, 0.05) is 41.3 Å². The van der Waals surface area contributed by atoms with Crippen molar-refractivity contribution in [2.75, 3.05) is 29.9 Å². The molecular weight excluding hydrogens is 384 g/mol. The molecule has 0 aromatic heterocycles. The fourth-order valence-corrected chi connectivity index (χ4v) is 4.01. The van der Waals surface area contributed by atoms with Crippen LogP contribution in [0.2, 0.25) is 0 Å². The number of halogens is 1. The predicted octanol–water partition coefficient (Wildman–Crippen LogP) is 4.18. The van der Waals surface area contributed by atoms with Crippen LogP contribution in [-0.2, 0) is 17.8 Å². The minimum absolute atomic E-state index is 0.0268. The number of hydrogen-bond donors (Lipinski definition) is 1. The molecule has 0 saturated carbocycles. The maximum absolute atomic E-state index is 12.4. The molecule has 0 atom stereocenters. The summed E-state index contributed by atoms with van der Waals surface area (Å²) >= 11 is 5.43. The summed E-state index contributed by atoms with van der Waals surface area (Å²) in [6.07, 6.45) is 0.391. The Balaban J connectivity index is 1.63. The molecule has 126 valence electrons. The van der Waals surface area contributed by atoms with Gasteiger partial charge in [-0.25, -0.2) is 0 Å². The van der Waals surface area contributed by atoms with Gasteiger partial charge in [-0.1, -0.05) is 46.3 Å². The van der Waals surface area contributed by atoms with E-state index >= 15 is 0 Å². The Morgan fingerprint density at radius 3 is 2.54 bits per heavy atom. The molecule has 2 aromatic carbocycles. The van der Waals surface area contributed by atoms with Crippen molar-refractivity contribution >= 4 is 39.3 Å². The average Bonchev–Trinajstić information content (AvgIpc) is 2.60. The number of rotatable bonds is 5. The van der Waals surface area contributed by atoms with Crippen molar-refractivity contribution in [1.29, 1.82) is 0 Å². The third-order valence-corrected chi connectivity index (χ3v) is 5.54. The van der Waals surface area contributed by atoms with E-state index in [4.69, 9.17) is 0 Å². The van der Waals surface area contributed by atoms with Gasteiger partial charge in [0.25, 0.3) is 0 Å². The van der Waals surface area contributed by atoms with E-state index < -0.39 is 0 Å². The average molecular weight is 405 g/mol. The quantitative estimate of drug-likeness (QED) is 0.810. The van der Waals surface area contributed by atoms with Crippen LogP contribution >= 0.6 is 27.7 Å². The van der Waals surface area contributed by atoms with E-state index in [1.807, 2.05) is 54.2 Å². The summed E-state index contributed by atoms with van der Waals surface area (Å²) in [5.74, 6) is 2.41. The Labute approximate surface area is 155 Å². The van der Waals surface area contributed by atoms with E-state index in [2.05, 4.69) is 32.2 Å². The maximum atomic E-state index is 12.4. The van der Waals surface area contributed by atoms with Crippen LogP contribution in [0.5, 0.6) is 0 Å². The number of benzene rings is 2. The number of thioether (sulfide) groups is 1. The van der Waals surface area contributed by atoms with Crippen LogP contribution in [0.25, 0.3) is 0 Å². The number of amides is 1. The van der Waals surface area contributed by atoms with E-state index in [9.17, 15) is 4.79 Å². The van der Waals surface area contributed by atoms with Crippen LogP contribution in [0.1, 0.15) is 11.1 Å². The lowest BCUT2D eigenvalue weighted by Gasteiger charge is -2.27. The molecule has 3 rings (SSSR count). The largest absolute Gasteiger partial charge is 0.325 e. The third-order valence-electron chi connectivity index (χ3n) is 4.07. The summed E-state index contributed by atoms with van der Waals surface area (Å²) in [6, 6.07) is 16.0. The van der Waals surface area contributed by atoms with Crippen molar-refractivity contribution in [3.05, 3.63) is 64.1 Å². The number of nitrogens with one attached hydrogen (secondary N) is 1. The highest BCUT2D eigenvalue weighted by Crippen LogP contribution is 2.20. The number of carbonyl (C=O) groups excluding carboxylic acids is 1. The van der Waals surface area contributed by atoms with Gasteiger partial charge in [-0.3, -0.25) is 9.69 Å². The molecule has 0 unspecified atom stereocenters. The molecule has 5 heteroatoms. The van der Waals surface area contributed by atoms with E-state index in [-0.39, 0.29) is 5.91 Å². The second-order valence-electron chi connectivity index (χ2n) is 5.90. The van der Waals surface area contributed by atoms with E-state index in [0.717, 1.165) is 35.4 Å². The zero-order chi connectivity index (χ0) is 16.8. The first-order valence-electron chi connectivity index (χ1n) is 8.13. The number of para-hydroxylation sites is 1. The van der Waals surface area contributed by atoms with Crippen molar-refractivity contribution in [1.82, 2.24) is 4.90 Å². The molecule has 0 bridgehead atoms. The first-order valence-corrected chi connectivity index (χ1v) is 10.1. The molecule has 3 nitrogen and oxygen atoms in total. The number of anilines is 1. The molecule has 1 amide bonds. The monoisotopic (exact) mass is 404 g/mol. The third kappa shape index (κ3) is 5.10. The zero-order valence-corrected chi connectivity index (χ0v) is 15.9. The standard InChI is InChI=1S/C19H21BrN2OS/c20-17-7-5-15(6-8-17)13-19(23)21-18-4-2-1-3-16(18)14-22-9-11-24-12-10-22/h1-8H,9-14H2,(H,21,23). The minimum atomic E-state index is 0.0268. The number of nitrogens with zero attached hydrogens (tertiary/aromatic N) is 1. The summed E-state index contributed by atoms with van der Waals surface area (Å²) in [5, 5.41) is 3.08. The minimum Gasteiger partial charge on any atom is -0.325 e. The topological polar surface area (TPSA) is 32.3 Å². The van der Waals surface area contributed by atoms with Crippen molar-refractivity contribution in [2.24, 2.45) is 0 Å². The molecule has 1 aliphatic rings. The Bertz CT molecular complexity index is 684. The van der Waals surface area contributed by atoms with Gasteiger partial charge in [0.1, 0.15) is 0 Å². The molecular formula is C19H21BrN2OS. The molecule has 1 heterocycles. The highest BCUT2D eigenvalue weighted by molar-refractivity contribution is 9.10. The summed E-state index contributed by atoms with van der Waals surface area (Å²) in [5.41, 5.74) is 3.13. The van der Waals surface area contributed by atoms with Gasteiger partial charge >= 0.3 is 0 Å². The SMILES string of the molecule is O=C(Cc1ccc(Br)cc1)Nc1ccccc1CN1CCSCC1. The van der Waals surface area contributed by atoms with Crippen LogP contribution in [0.15, 0.2) is 53.0 Å². The van der Waals surface area contributed by atoms with Crippen LogP contribution in [0.4, 0.5) is 5.69 Å². The molecule has 2 aromatic rings. The fourth-order valence-electron chi connectivity index (χ4n) is 2.76. The normalized spacial score (nSPS) is 15.2. The Hall–Kier alpha value is -1.30. The lowest BCUT2D eigenvalue weighted by molar-refractivity contribution is -0.115. The molecule has 0 radical (unpaired) electrons. The van der Waals surface area contributed by atoms with E-state index in [1.54, 1.807) is 0 Å². The van der Waals surface area contributed by atoms with Gasteiger partial charge in [0.05, 0.1) is 6.42 Å². The lowest BCUT2D eigenvalue weighted by atomic mass is 10.1. The summed E-state index contributed by atoms with van der Waals surface area (Å²) in [7, 11) is 0. The maximum Gasteiger partial charge on any atom is 0.228 e. The number of carbonyl (C=O) groups is 1. The summed E-state index contributed by atoms with van der Waals surface area (Å²) in [6.45, 7) is 3.13. The Morgan fingerprint density at radius 2 is 1.79 bits per heavy atom. The van der Waals surface area contributed by atoms with Gasteiger partial charge < -0.3 is 5.32 Å². The van der Waals surface area contributed by atoms with E-state index in [0.29, 0.717) is 6.42 Å². The molecule has 0 spiro atoms. The van der Waals surface area contributed by atoms with Crippen LogP contribution in [-0.4, -0.2) is 35.4 Å². The first kappa shape index (κ1) is 17.5. The lowest BCUT2D eigenvalue weighted by Crippen LogP contribution is -2.32. The second kappa shape index (κ2) is 8.70. The van der Waals surface area contributed by atoms with Crippen LogP contribution in [0, 0.1) is 0 Å². The zero-order valence-electron chi connectivity index (χ0n) is 13.5. The molecule has 24 heavy (non-hydrogen) atoms. The Kier molecular flexibility index (Phi) is 6.35. The molecule has 1 N–H and O–H groups in total. The molecule has 1 saturated heterocycles. The van der Waals surface area contributed by atoms with Gasteiger partial charge in [-0.2, -0.15) is 11.8 Å². The van der Waals surface area contributed by atoms with Gasteiger partial charge in [0.2, 0.25) is 5.91 Å². The van der Waals surface area contributed by atoms with Crippen molar-refractivity contribution in [2.45, 2.75) is 13.0 Å². The van der Waals surface area contributed by atoms with Crippen molar-refractivity contribution in [3.8, 4) is 0 Å². The summed E-state index contributed by atoms with van der Waals surface area (Å²) < 4.78 is 1.02. The highest BCUT2D eigenvalue weighted by atomic mass is 79.9.